The third-order valence-corrected chi connectivity index (χ3v) is 4.34. The van der Waals surface area contributed by atoms with E-state index in [9.17, 15) is 0 Å². The highest BCUT2D eigenvalue weighted by molar-refractivity contribution is 7.11. The van der Waals surface area contributed by atoms with Crippen molar-refractivity contribution in [3.05, 3.63) is 39.8 Å². The van der Waals surface area contributed by atoms with Crippen molar-refractivity contribution >= 4 is 11.3 Å². The van der Waals surface area contributed by atoms with Gasteiger partial charge in [0, 0.05) is 41.7 Å². The van der Waals surface area contributed by atoms with Crippen molar-refractivity contribution in [2.45, 2.75) is 26.3 Å². The van der Waals surface area contributed by atoms with Gasteiger partial charge in [0.25, 0.3) is 0 Å². The lowest BCUT2D eigenvalue weighted by Crippen LogP contribution is -2.21. The molecule has 0 radical (unpaired) electrons. The van der Waals surface area contributed by atoms with Gasteiger partial charge in [-0.3, -0.25) is 0 Å². The van der Waals surface area contributed by atoms with E-state index in [1.165, 1.54) is 9.88 Å². The summed E-state index contributed by atoms with van der Waals surface area (Å²) in [5.41, 5.74) is 1.13. The number of nitrogens with one attached hydrogen (secondary N) is 1. The lowest BCUT2D eigenvalue weighted by atomic mass is 10.1. The Morgan fingerprint density at radius 3 is 2.71 bits per heavy atom. The minimum Gasteiger partial charge on any atom is -0.497 e. The van der Waals surface area contributed by atoms with E-state index in [2.05, 4.69) is 24.1 Å². The van der Waals surface area contributed by atoms with E-state index in [1.54, 1.807) is 25.6 Å². The molecule has 0 saturated heterocycles. The fraction of sp³-hybridized carbons (Fsp3) is 0.438. The summed E-state index contributed by atoms with van der Waals surface area (Å²) in [5.74, 6) is 1.65. The van der Waals surface area contributed by atoms with Crippen LogP contribution >= 0.6 is 11.3 Å². The maximum absolute atomic E-state index is 5.45. The van der Waals surface area contributed by atoms with Crippen LogP contribution in [0.25, 0.3) is 0 Å². The Balaban J connectivity index is 1.94. The van der Waals surface area contributed by atoms with Gasteiger partial charge < -0.3 is 14.8 Å². The van der Waals surface area contributed by atoms with Crippen molar-refractivity contribution in [3.8, 4) is 11.5 Å². The lowest BCUT2D eigenvalue weighted by Gasteiger charge is -2.17. The molecule has 0 amide bonds. The monoisotopic (exact) mass is 306 g/mol. The smallest absolute Gasteiger partial charge is 0.127 e. The maximum Gasteiger partial charge on any atom is 0.127 e. The van der Waals surface area contributed by atoms with Crippen molar-refractivity contribution < 1.29 is 9.47 Å². The van der Waals surface area contributed by atoms with Crippen molar-refractivity contribution in [2.75, 3.05) is 20.8 Å². The fourth-order valence-corrected chi connectivity index (χ4v) is 2.99. The molecule has 0 fully saturated rings. The molecule has 0 spiro atoms. The molecule has 0 aliphatic rings. The third kappa shape index (κ3) is 4.19. The van der Waals surface area contributed by atoms with E-state index in [-0.39, 0.29) is 6.04 Å². The summed E-state index contributed by atoms with van der Waals surface area (Å²) in [7, 11) is 3.34. The number of thiazole rings is 1. The summed E-state index contributed by atoms with van der Waals surface area (Å²) < 4.78 is 10.7. The predicted molar refractivity (Wildman–Crippen MR) is 86.5 cm³/mol. The molecule has 1 aromatic carbocycles. The minimum absolute atomic E-state index is 0.215. The summed E-state index contributed by atoms with van der Waals surface area (Å²) in [6.07, 6.45) is 2.87. The van der Waals surface area contributed by atoms with Gasteiger partial charge in [-0.05, 0) is 19.9 Å². The van der Waals surface area contributed by atoms with Gasteiger partial charge in [-0.15, -0.1) is 11.3 Å². The van der Waals surface area contributed by atoms with Crippen molar-refractivity contribution in [1.29, 1.82) is 0 Å². The van der Waals surface area contributed by atoms with E-state index in [0.717, 1.165) is 30.0 Å². The Hall–Kier alpha value is -1.59. The second kappa shape index (κ2) is 7.43. The molecule has 5 heteroatoms. The molecule has 2 aromatic rings. The van der Waals surface area contributed by atoms with Gasteiger partial charge in [0.05, 0.1) is 19.2 Å². The molecule has 1 unspecified atom stereocenters. The topological polar surface area (TPSA) is 43.4 Å². The van der Waals surface area contributed by atoms with Gasteiger partial charge in [0.15, 0.2) is 0 Å². The summed E-state index contributed by atoms with van der Waals surface area (Å²) in [4.78, 5) is 5.64. The zero-order chi connectivity index (χ0) is 15.2. The molecule has 4 nitrogen and oxygen atoms in total. The zero-order valence-corrected chi connectivity index (χ0v) is 13.8. The number of ether oxygens (including phenoxy) is 2. The Bertz CT molecular complexity index is 583. The average molecular weight is 306 g/mol. The fourth-order valence-electron chi connectivity index (χ4n) is 2.20. The number of nitrogens with zero attached hydrogens (tertiary/aromatic N) is 1. The van der Waals surface area contributed by atoms with Crippen LogP contribution in [0.1, 0.15) is 28.4 Å². The van der Waals surface area contributed by atoms with E-state index in [1.807, 2.05) is 24.4 Å². The molecule has 21 heavy (non-hydrogen) atoms. The van der Waals surface area contributed by atoms with Crippen LogP contribution in [0, 0.1) is 6.92 Å². The normalized spacial score (nSPS) is 12.2. The SMILES string of the molecule is COc1ccc(C(C)NCCc2ncc(C)s2)c(OC)c1. The maximum atomic E-state index is 5.45. The number of aryl methyl sites for hydroxylation is 1. The van der Waals surface area contributed by atoms with E-state index >= 15 is 0 Å². The summed E-state index contributed by atoms with van der Waals surface area (Å²) >= 11 is 1.76. The minimum atomic E-state index is 0.215. The van der Waals surface area contributed by atoms with Gasteiger partial charge in [-0.1, -0.05) is 6.07 Å². The third-order valence-electron chi connectivity index (χ3n) is 3.37. The Morgan fingerprint density at radius 1 is 1.29 bits per heavy atom. The number of methoxy groups -OCH3 is 2. The average Bonchev–Trinajstić information content (AvgIpc) is 2.91. The summed E-state index contributed by atoms with van der Waals surface area (Å²) in [6, 6.07) is 6.13. The first-order valence-corrected chi connectivity index (χ1v) is 7.82. The Kier molecular flexibility index (Phi) is 5.59. The van der Waals surface area contributed by atoms with Crippen LogP contribution in [0.5, 0.6) is 11.5 Å². The molecular formula is C16H22N2O2S. The highest BCUT2D eigenvalue weighted by Gasteiger charge is 2.12. The van der Waals surface area contributed by atoms with Crippen LogP contribution in [0.2, 0.25) is 0 Å². The number of hydrogen-bond acceptors (Lipinski definition) is 5. The molecular weight excluding hydrogens is 284 g/mol. The van der Waals surface area contributed by atoms with Crippen LogP contribution in [0.4, 0.5) is 0 Å². The van der Waals surface area contributed by atoms with Crippen LogP contribution in [-0.2, 0) is 6.42 Å². The van der Waals surface area contributed by atoms with Gasteiger partial charge >= 0.3 is 0 Å². The molecule has 114 valence electrons. The van der Waals surface area contributed by atoms with E-state index in [0.29, 0.717) is 0 Å². The molecule has 1 aromatic heterocycles. The van der Waals surface area contributed by atoms with Gasteiger partial charge in [0.2, 0.25) is 0 Å². The molecule has 1 heterocycles. The molecule has 0 bridgehead atoms. The van der Waals surface area contributed by atoms with Crippen molar-refractivity contribution in [3.63, 3.8) is 0 Å². The molecule has 0 aliphatic carbocycles. The summed E-state index contributed by atoms with van der Waals surface area (Å²) in [5, 5.41) is 4.69. The summed E-state index contributed by atoms with van der Waals surface area (Å²) in [6.45, 7) is 5.11. The van der Waals surface area contributed by atoms with Crippen molar-refractivity contribution in [1.82, 2.24) is 10.3 Å². The molecule has 1 N–H and O–H groups in total. The largest absolute Gasteiger partial charge is 0.497 e. The molecule has 1 atom stereocenters. The van der Waals surface area contributed by atoms with Gasteiger partial charge in [0.1, 0.15) is 11.5 Å². The Labute approximate surface area is 130 Å². The van der Waals surface area contributed by atoms with Crippen LogP contribution in [-0.4, -0.2) is 25.7 Å². The molecule has 0 saturated carbocycles. The predicted octanol–water partition coefficient (Wildman–Crippen LogP) is 3.36. The van der Waals surface area contributed by atoms with Gasteiger partial charge in [-0.2, -0.15) is 0 Å². The first-order valence-electron chi connectivity index (χ1n) is 7.00. The number of hydrogen-bond donors (Lipinski definition) is 1. The van der Waals surface area contributed by atoms with Crippen molar-refractivity contribution in [2.24, 2.45) is 0 Å². The van der Waals surface area contributed by atoms with E-state index < -0.39 is 0 Å². The van der Waals surface area contributed by atoms with Crippen LogP contribution in [0.3, 0.4) is 0 Å². The second-order valence-corrected chi connectivity index (χ2v) is 6.22. The quantitative estimate of drug-likeness (QED) is 0.852. The zero-order valence-electron chi connectivity index (χ0n) is 13.0. The van der Waals surface area contributed by atoms with Crippen LogP contribution in [0.15, 0.2) is 24.4 Å². The Morgan fingerprint density at radius 2 is 2.10 bits per heavy atom. The highest BCUT2D eigenvalue weighted by Crippen LogP contribution is 2.29. The van der Waals surface area contributed by atoms with E-state index in [4.69, 9.17) is 9.47 Å². The highest BCUT2D eigenvalue weighted by atomic mass is 32.1. The first-order chi connectivity index (χ1) is 10.1. The molecule has 2 rings (SSSR count). The number of rotatable bonds is 7. The van der Waals surface area contributed by atoms with Crippen LogP contribution < -0.4 is 14.8 Å². The van der Waals surface area contributed by atoms with Gasteiger partial charge in [-0.25, -0.2) is 4.98 Å². The lowest BCUT2D eigenvalue weighted by molar-refractivity contribution is 0.386. The number of benzene rings is 1. The standard InChI is InChI=1S/C16H22N2O2S/c1-11-10-18-16(21-11)7-8-17-12(2)14-6-5-13(19-3)9-15(14)20-4/h5-6,9-10,12,17H,7-8H2,1-4H3. The number of aromatic nitrogens is 1. The first kappa shape index (κ1) is 15.8. The molecule has 0 aliphatic heterocycles. The second-order valence-electron chi connectivity index (χ2n) is 4.90.